The van der Waals surface area contributed by atoms with Crippen LogP contribution >= 0.6 is 0 Å². The summed E-state index contributed by atoms with van der Waals surface area (Å²) in [4.78, 5) is 27.8. The number of carbonyl (C=O) groups excluding carboxylic acids is 1. The molecule has 0 aliphatic carbocycles. The third-order valence-corrected chi connectivity index (χ3v) is 13.4. The first kappa shape index (κ1) is 39.4. The first-order chi connectivity index (χ1) is 22.2. The number of imidazole rings is 1. The lowest BCUT2D eigenvalue weighted by Gasteiger charge is -2.32. The van der Waals surface area contributed by atoms with Gasteiger partial charge in [0, 0.05) is 48.4 Å². The van der Waals surface area contributed by atoms with Crippen LogP contribution in [-0.4, -0.2) is 128 Å². The first-order valence-electron chi connectivity index (χ1n) is 15.5. The lowest BCUT2D eigenvalue weighted by molar-refractivity contribution is -0.0174. The summed E-state index contributed by atoms with van der Waals surface area (Å²) < 4.78 is 40.9. The Kier molecular flexibility index (Phi) is 20.2. The molecule has 2 aromatic heterocycles. The Morgan fingerprint density at radius 1 is 0.870 bits per heavy atom. The zero-order valence-electron chi connectivity index (χ0n) is 27.6. The van der Waals surface area contributed by atoms with E-state index in [1.54, 1.807) is 24.8 Å². The molecule has 2 rings (SSSR count). The van der Waals surface area contributed by atoms with Crippen LogP contribution in [0.2, 0.25) is 32.2 Å². The molecule has 2 aromatic rings. The third-order valence-electron chi connectivity index (χ3n) is 6.27. The number of hydrogen-bond acceptors (Lipinski definition) is 12. The highest BCUT2D eigenvalue weighted by molar-refractivity contribution is 6.91. The van der Waals surface area contributed by atoms with E-state index in [9.17, 15) is 4.79 Å². The van der Waals surface area contributed by atoms with Gasteiger partial charge in [-0.15, -0.1) is 0 Å². The van der Waals surface area contributed by atoms with Gasteiger partial charge >= 0.3 is 6.03 Å². The summed E-state index contributed by atoms with van der Waals surface area (Å²) >= 11 is 0. The molecule has 0 bridgehead atoms. The molecule has 1 N–H and O–H groups in total. The molecule has 0 aromatic carbocycles. The van der Waals surface area contributed by atoms with Gasteiger partial charge in [0.25, 0.3) is 0 Å². The van der Waals surface area contributed by atoms with Crippen LogP contribution in [0.15, 0.2) is 36.2 Å². The van der Waals surface area contributed by atoms with E-state index < -0.39 is 16.6 Å². The minimum Gasteiger partial charge on any atom is -0.450 e. The maximum atomic E-state index is 12.0. The number of nitrogens with one attached hydrogen (secondary N) is 1. The Morgan fingerprint density at radius 2 is 1.41 bits per heavy atom. The third kappa shape index (κ3) is 18.4. The molecule has 258 valence electrons. The van der Waals surface area contributed by atoms with Gasteiger partial charge < -0.3 is 37.9 Å². The second-order valence-electron chi connectivity index (χ2n) is 11.2. The molecule has 0 aliphatic rings. The average Bonchev–Trinajstić information content (AvgIpc) is 3.57. The van der Waals surface area contributed by atoms with Crippen molar-refractivity contribution in [2.45, 2.75) is 45.3 Å². The number of nitrogens with zero attached hydrogens (tertiary/aromatic N) is 7. The van der Waals surface area contributed by atoms with E-state index in [4.69, 9.17) is 38.1 Å². The highest BCUT2D eigenvalue weighted by Gasteiger charge is 2.36. The number of ether oxygens (including phenoxy) is 6. The molecule has 2 heterocycles. The van der Waals surface area contributed by atoms with E-state index in [0.29, 0.717) is 92.4 Å². The molecule has 0 spiro atoms. The monoisotopic (exact) mass is 682 g/mol. The Bertz CT molecular complexity index is 1120. The van der Waals surface area contributed by atoms with Gasteiger partial charge in [-0.25, -0.2) is 19.7 Å². The first-order valence-corrected chi connectivity index (χ1v) is 21.5. The average molecular weight is 683 g/mol. The SMILES string of the molecule is C[Si](C)(CCCNC(=O)n1ccnc1)O[Si](C)(C)c1ncc(COCCOCCOCCOCCOCCOCCN=[N+]=[N-])cn1. The fraction of sp³-hybridized carbons (Fsp3) is 0.714. The second-order valence-corrected chi connectivity index (χ2v) is 19.5. The molecule has 46 heavy (non-hydrogen) atoms. The molecule has 0 saturated carbocycles. The summed E-state index contributed by atoms with van der Waals surface area (Å²) in [5.74, 6) is 0. The summed E-state index contributed by atoms with van der Waals surface area (Å²) in [7, 11) is -4.30. The Hall–Kier alpha value is -2.78. The predicted octanol–water partition coefficient (Wildman–Crippen LogP) is 2.86. The Balaban J connectivity index is 1.45. The molecule has 16 nitrogen and oxygen atoms in total. The van der Waals surface area contributed by atoms with Crippen molar-refractivity contribution >= 4 is 28.1 Å². The minimum atomic E-state index is -2.31. The normalized spacial score (nSPS) is 11.8. The lowest BCUT2D eigenvalue weighted by atomic mass is 10.4. The number of hydrogen-bond donors (Lipinski definition) is 1. The number of aromatic nitrogens is 4. The fourth-order valence-electron chi connectivity index (χ4n) is 4.15. The van der Waals surface area contributed by atoms with E-state index in [1.807, 2.05) is 0 Å². The number of rotatable bonds is 27. The predicted molar refractivity (Wildman–Crippen MR) is 176 cm³/mol. The van der Waals surface area contributed by atoms with Gasteiger partial charge in [0.2, 0.25) is 8.32 Å². The summed E-state index contributed by atoms with van der Waals surface area (Å²) in [5.41, 5.74) is 9.81. The lowest BCUT2D eigenvalue weighted by Crippen LogP contribution is -2.55. The largest absolute Gasteiger partial charge is 0.450 e. The van der Waals surface area contributed by atoms with Crippen molar-refractivity contribution < 1.29 is 37.3 Å². The van der Waals surface area contributed by atoms with Gasteiger partial charge in [-0.3, -0.25) is 4.57 Å². The van der Waals surface area contributed by atoms with Crippen LogP contribution in [0.1, 0.15) is 12.0 Å². The molecule has 18 heteroatoms. The van der Waals surface area contributed by atoms with Crippen LogP contribution in [0.25, 0.3) is 10.4 Å². The van der Waals surface area contributed by atoms with E-state index in [2.05, 4.69) is 56.5 Å². The fourth-order valence-corrected chi connectivity index (χ4v) is 12.2. The van der Waals surface area contributed by atoms with Gasteiger partial charge in [-0.2, -0.15) is 0 Å². The molecule has 0 atom stereocenters. The second kappa shape index (κ2) is 23.5. The molecular weight excluding hydrogens is 633 g/mol. The van der Waals surface area contributed by atoms with Gasteiger partial charge in [-0.05, 0) is 44.2 Å². The van der Waals surface area contributed by atoms with Crippen LogP contribution < -0.4 is 10.8 Å². The minimum absolute atomic E-state index is 0.180. The smallest absolute Gasteiger partial charge is 0.326 e. The highest BCUT2D eigenvalue weighted by Crippen LogP contribution is 2.19. The molecule has 0 radical (unpaired) electrons. The summed E-state index contributed by atoms with van der Waals surface area (Å²) in [6.45, 7) is 15.0. The molecular formula is C28H50N8O8Si2. The van der Waals surface area contributed by atoms with Crippen LogP contribution in [0.3, 0.4) is 0 Å². The van der Waals surface area contributed by atoms with Crippen molar-refractivity contribution in [1.82, 2.24) is 24.8 Å². The van der Waals surface area contributed by atoms with Crippen LogP contribution in [0.4, 0.5) is 4.79 Å². The zero-order chi connectivity index (χ0) is 33.4. The van der Waals surface area contributed by atoms with Gasteiger partial charge in [0.15, 0.2) is 8.32 Å². The quantitative estimate of drug-likeness (QED) is 0.0480. The van der Waals surface area contributed by atoms with Crippen molar-refractivity contribution in [3.63, 3.8) is 0 Å². The van der Waals surface area contributed by atoms with Crippen LogP contribution in [0, 0.1) is 0 Å². The summed E-state index contributed by atoms with van der Waals surface area (Å²) in [5, 5.41) is 6.29. The maximum Gasteiger partial charge on any atom is 0.326 e. The van der Waals surface area contributed by atoms with Gasteiger partial charge in [-0.1, -0.05) is 5.11 Å². The molecule has 0 saturated heterocycles. The topological polar surface area (TPSA) is 186 Å². The van der Waals surface area contributed by atoms with Crippen LogP contribution in [0.5, 0.6) is 0 Å². The van der Waals surface area contributed by atoms with Crippen molar-refractivity contribution in [2.75, 3.05) is 85.8 Å². The molecule has 0 unspecified atom stereocenters. The van der Waals surface area contributed by atoms with E-state index in [-0.39, 0.29) is 6.03 Å². The van der Waals surface area contributed by atoms with E-state index >= 15 is 0 Å². The Labute approximate surface area is 273 Å². The van der Waals surface area contributed by atoms with E-state index in [0.717, 1.165) is 23.5 Å². The van der Waals surface area contributed by atoms with Crippen molar-refractivity contribution in [3.8, 4) is 0 Å². The zero-order valence-corrected chi connectivity index (χ0v) is 29.6. The van der Waals surface area contributed by atoms with Gasteiger partial charge in [0.1, 0.15) is 11.8 Å². The number of azide groups is 1. The van der Waals surface area contributed by atoms with E-state index in [1.165, 1.54) is 10.9 Å². The molecule has 0 aliphatic heterocycles. The summed E-state index contributed by atoms with van der Waals surface area (Å²) in [6, 6.07) is 0.737. The number of carbonyl (C=O) groups is 1. The standard InChI is InChI=1S/C28H50N8O8Si2/c1-45(2,21-5-6-31-28(37)36-9-7-30-25-36)44-46(3,4)27-32-22-26(23-33-27)24-43-20-19-42-18-17-41-16-15-40-14-13-39-12-11-38-10-8-34-35-29/h7,9,22-23,25H,5-6,8,10-21,24H2,1-4H3,(H,31,37). The highest BCUT2D eigenvalue weighted by atomic mass is 28.4. The van der Waals surface area contributed by atoms with Crippen molar-refractivity contribution in [2.24, 2.45) is 5.11 Å². The molecule has 0 fully saturated rings. The molecule has 1 amide bonds. The van der Waals surface area contributed by atoms with Crippen molar-refractivity contribution in [3.05, 3.63) is 47.1 Å². The van der Waals surface area contributed by atoms with Crippen LogP contribution in [-0.2, 0) is 39.1 Å². The Morgan fingerprint density at radius 3 is 1.93 bits per heavy atom. The van der Waals surface area contributed by atoms with Crippen molar-refractivity contribution in [1.29, 1.82) is 0 Å². The van der Waals surface area contributed by atoms with Gasteiger partial charge in [0.05, 0.1) is 79.3 Å². The summed E-state index contributed by atoms with van der Waals surface area (Å²) in [6.07, 6.45) is 9.12. The number of amides is 1. The maximum absolute atomic E-state index is 12.0.